The number of amides is 2. The van der Waals surface area contributed by atoms with Crippen LogP contribution in [-0.4, -0.2) is 36.1 Å². The Hall–Kier alpha value is -1.95. The van der Waals surface area contributed by atoms with Crippen LogP contribution in [-0.2, 0) is 16.0 Å². The average molecular weight is 322 g/mol. The van der Waals surface area contributed by atoms with Crippen LogP contribution in [0.4, 0.5) is 10.1 Å². The lowest BCUT2D eigenvalue weighted by Crippen LogP contribution is -2.40. The third kappa shape index (κ3) is 4.51. The molecule has 0 saturated heterocycles. The van der Waals surface area contributed by atoms with E-state index >= 15 is 0 Å². The van der Waals surface area contributed by atoms with E-state index in [0.29, 0.717) is 24.9 Å². The SMILES string of the molecule is CCC(CCO)NC(=O)CCN1C(=O)CCc2cc(F)ccc21. The zero-order chi connectivity index (χ0) is 16.8. The average Bonchev–Trinajstić information content (AvgIpc) is 2.53. The normalized spacial score (nSPS) is 15.3. The lowest BCUT2D eigenvalue weighted by Gasteiger charge is -2.29. The van der Waals surface area contributed by atoms with Gasteiger partial charge in [0, 0.05) is 37.7 Å². The fraction of sp³-hybridized carbons (Fsp3) is 0.529. The van der Waals surface area contributed by atoms with Crippen LogP contribution in [0.15, 0.2) is 18.2 Å². The quantitative estimate of drug-likeness (QED) is 0.804. The van der Waals surface area contributed by atoms with Gasteiger partial charge in [-0.15, -0.1) is 0 Å². The van der Waals surface area contributed by atoms with Gasteiger partial charge >= 0.3 is 0 Å². The molecule has 2 N–H and O–H groups in total. The number of fused-ring (bicyclic) bond motifs is 1. The predicted octanol–water partition coefficient (Wildman–Crippen LogP) is 1.77. The third-order valence-corrected chi connectivity index (χ3v) is 4.14. The Labute approximate surface area is 135 Å². The van der Waals surface area contributed by atoms with Crippen molar-refractivity contribution in [3.63, 3.8) is 0 Å². The van der Waals surface area contributed by atoms with Crippen molar-refractivity contribution in [3.8, 4) is 0 Å². The Bertz CT molecular complexity index is 577. The first-order chi connectivity index (χ1) is 11.0. The highest BCUT2D eigenvalue weighted by Crippen LogP contribution is 2.28. The molecule has 126 valence electrons. The minimum atomic E-state index is -0.314. The number of aliphatic hydroxyl groups is 1. The van der Waals surface area contributed by atoms with E-state index < -0.39 is 0 Å². The topological polar surface area (TPSA) is 69.6 Å². The molecule has 0 aliphatic carbocycles. The number of aliphatic hydroxyl groups excluding tert-OH is 1. The molecule has 23 heavy (non-hydrogen) atoms. The Morgan fingerprint density at radius 2 is 2.22 bits per heavy atom. The molecule has 1 unspecified atom stereocenters. The zero-order valence-electron chi connectivity index (χ0n) is 13.3. The third-order valence-electron chi connectivity index (χ3n) is 4.14. The molecule has 1 aliphatic heterocycles. The summed E-state index contributed by atoms with van der Waals surface area (Å²) in [6, 6.07) is 4.33. The Balaban J connectivity index is 1.97. The van der Waals surface area contributed by atoms with Gasteiger partial charge in [0.25, 0.3) is 0 Å². The second-order valence-electron chi connectivity index (χ2n) is 5.75. The number of aryl methyl sites for hydroxylation is 1. The predicted molar refractivity (Wildman–Crippen MR) is 85.6 cm³/mol. The van der Waals surface area contributed by atoms with Crippen LogP contribution in [0.2, 0.25) is 0 Å². The van der Waals surface area contributed by atoms with E-state index in [4.69, 9.17) is 5.11 Å². The second kappa shape index (κ2) is 8.06. The highest BCUT2D eigenvalue weighted by Gasteiger charge is 2.25. The second-order valence-corrected chi connectivity index (χ2v) is 5.75. The number of rotatable bonds is 7. The van der Waals surface area contributed by atoms with Crippen LogP contribution in [0.1, 0.15) is 38.2 Å². The van der Waals surface area contributed by atoms with Gasteiger partial charge in [-0.05, 0) is 43.0 Å². The smallest absolute Gasteiger partial charge is 0.227 e. The number of nitrogens with one attached hydrogen (secondary N) is 1. The van der Waals surface area contributed by atoms with Crippen molar-refractivity contribution in [2.45, 2.75) is 45.1 Å². The van der Waals surface area contributed by atoms with Crippen molar-refractivity contribution in [2.75, 3.05) is 18.1 Å². The molecule has 0 bridgehead atoms. The maximum absolute atomic E-state index is 13.3. The van der Waals surface area contributed by atoms with Gasteiger partial charge in [-0.3, -0.25) is 9.59 Å². The van der Waals surface area contributed by atoms with Crippen molar-refractivity contribution in [3.05, 3.63) is 29.6 Å². The van der Waals surface area contributed by atoms with Crippen molar-refractivity contribution < 1.29 is 19.1 Å². The highest BCUT2D eigenvalue weighted by atomic mass is 19.1. The van der Waals surface area contributed by atoms with Crippen LogP contribution in [0.5, 0.6) is 0 Å². The fourth-order valence-corrected chi connectivity index (χ4v) is 2.82. The largest absolute Gasteiger partial charge is 0.396 e. The first-order valence-electron chi connectivity index (χ1n) is 8.04. The van der Waals surface area contributed by atoms with Crippen LogP contribution in [0.25, 0.3) is 0 Å². The molecule has 0 fully saturated rings. The molecule has 1 aromatic carbocycles. The summed E-state index contributed by atoms with van der Waals surface area (Å²) in [4.78, 5) is 25.7. The molecule has 0 aromatic heterocycles. The van der Waals surface area contributed by atoms with Gasteiger partial charge in [0.15, 0.2) is 0 Å². The minimum Gasteiger partial charge on any atom is -0.396 e. The summed E-state index contributed by atoms with van der Waals surface area (Å²) in [5.74, 6) is -0.503. The molecule has 5 nitrogen and oxygen atoms in total. The maximum Gasteiger partial charge on any atom is 0.227 e. The number of carbonyl (C=O) groups is 2. The standard InChI is InChI=1S/C17H23FN2O3/c1-2-14(8-10-21)19-16(22)7-9-20-15-5-4-13(18)11-12(15)3-6-17(20)23/h4-5,11,14,21H,2-3,6-10H2,1H3,(H,19,22). The number of benzene rings is 1. The molecule has 2 amide bonds. The first kappa shape index (κ1) is 17.4. The Kier molecular flexibility index (Phi) is 6.10. The van der Waals surface area contributed by atoms with Crippen molar-refractivity contribution >= 4 is 17.5 Å². The molecule has 1 heterocycles. The lowest BCUT2D eigenvalue weighted by atomic mass is 10.0. The van der Waals surface area contributed by atoms with Crippen molar-refractivity contribution in [1.82, 2.24) is 5.32 Å². The molecule has 0 radical (unpaired) electrons. The number of anilines is 1. The summed E-state index contributed by atoms with van der Waals surface area (Å²) in [7, 11) is 0. The van der Waals surface area contributed by atoms with Gasteiger partial charge in [0.1, 0.15) is 5.82 Å². The monoisotopic (exact) mass is 322 g/mol. The molecule has 0 spiro atoms. The summed E-state index contributed by atoms with van der Waals surface area (Å²) in [5.41, 5.74) is 1.49. The molecule has 1 atom stereocenters. The van der Waals surface area contributed by atoms with Crippen molar-refractivity contribution in [1.29, 1.82) is 0 Å². The van der Waals surface area contributed by atoms with E-state index in [1.807, 2.05) is 6.92 Å². The number of hydrogen-bond acceptors (Lipinski definition) is 3. The molecule has 1 aromatic rings. The number of hydrogen-bond donors (Lipinski definition) is 2. The van der Waals surface area contributed by atoms with Crippen LogP contribution in [0, 0.1) is 5.82 Å². The van der Waals surface area contributed by atoms with E-state index in [2.05, 4.69) is 5.32 Å². The number of carbonyl (C=O) groups excluding carboxylic acids is 2. The van der Waals surface area contributed by atoms with E-state index in [-0.39, 0.29) is 43.2 Å². The van der Waals surface area contributed by atoms with Crippen LogP contribution < -0.4 is 10.2 Å². The van der Waals surface area contributed by atoms with Gasteiger partial charge in [-0.25, -0.2) is 4.39 Å². The molecular weight excluding hydrogens is 299 g/mol. The van der Waals surface area contributed by atoms with Gasteiger partial charge in [-0.1, -0.05) is 6.92 Å². The van der Waals surface area contributed by atoms with Gasteiger partial charge in [0.2, 0.25) is 11.8 Å². The summed E-state index contributed by atoms with van der Waals surface area (Å²) in [5, 5.41) is 11.8. The first-order valence-corrected chi connectivity index (χ1v) is 8.04. The summed E-state index contributed by atoms with van der Waals surface area (Å²) < 4.78 is 13.3. The highest BCUT2D eigenvalue weighted by molar-refractivity contribution is 5.97. The molecule has 0 saturated carbocycles. The summed E-state index contributed by atoms with van der Waals surface area (Å²) in [6.07, 6.45) is 2.32. The van der Waals surface area contributed by atoms with E-state index in [9.17, 15) is 14.0 Å². The van der Waals surface area contributed by atoms with E-state index in [1.165, 1.54) is 12.1 Å². The van der Waals surface area contributed by atoms with E-state index in [1.54, 1.807) is 11.0 Å². The van der Waals surface area contributed by atoms with Gasteiger partial charge in [0.05, 0.1) is 0 Å². The number of nitrogens with zero attached hydrogens (tertiary/aromatic N) is 1. The van der Waals surface area contributed by atoms with Crippen molar-refractivity contribution in [2.24, 2.45) is 0 Å². The lowest BCUT2D eigenvalue weighted by molar-refractivity contribution is -0.122. The fourth-order valence-electron chi connectivity index (χ4n) is 2.82. The molecule has 1 aliphatic rings. The summed E-state index contributed by atoms with van der Waals surface area (Å²) >= 11 is 0. The summed E-state index contributed by atoms with van der Waals surface area (Å²) in [6.45, 7) is 2.25. The maximum atomic E-state index is 13.3. The van der Waals surface area contributed by atoms with Gasteiger partial charge < -0.3 is 15.3 Å². The van der Waals surface area contributed by atoms with E-state index in [0.717, 1.165) is 12.0 Å². The molecular formula is C17H23FN2O3. The molecule has 6 heteroatoms. The van der Waals surface area contributed by atoms with Gasteiger partial charge in [-0.2, -0.15) is 0 Å². The van der Waals surface area contributed by atoms with Crippen LogP contribution >= 0.6 is 0 Å². The number of halogens is 1. The minimum absolute atomic E-state index is 0.0301. The molecule has 2 rings (SSSR count). The van der Waals surface area contributed by atoms with Crippen LogP contribution in [0.3, 0.4) is 0 Å². The Morgan fingerprint density at radius 3 is 2.91 bits per heavy atom. The zero-order valence-corrected chi connectivity index (χ0v) is 13.3. The Morgan fingerprint density at radius 1 is 1.43 bits per heavy atom.